The molecule has 37 heavy (non-hydrogen) atoms. The number of rotatable bonds is 17. The second-order valence-electron chi connectivity index (χ2n) is 11.2. The Bertz CT molecular complexity index is 584. The number of halogens is 5. The highest BCUT2D eigenvalue weighted by atomic mass is 79.9. The van der Waals surface area contributed by atoms with Gasteiger partial charge in [-0.15, -0.1) is 0 Å². The van der Waals surface area contributed by atoms with E-state index in [1.807, 2.05) is 0 Å². The number of carbonyl (C=O) groups excluding carboxylic acids is 1. The number of hydrogen-bond donors (Lipinski definition) is 0. The Kier molecular flexibility index (Phi) is 21.5. The monoisotopic (exact) mass is 840 g/mol. The molecule has 1 aliphatic carbocycles. The highest BCUT2D eigenvalue weighted by Crippen LogP contribution is 2.61. The van der Waals surface area contributed by atoms with Gasteiger partial charge >= 0.3 is 5.97 Å². The smallest absolute Gasteiger partial charge is 0.307 e. The van der Waals surface area contributed by atoms with Gasteiger partial charge in [0.1, 0.15) is 3.23 Å². The van der Waals surface area contributed by atoms with Gasteiger partial charge in [0.05, 0.1) is 0 Å². The first-order valence-corrected chi connectivity index (χ1v) is 19.3. The summed E-state index contributed by atoms with van der Waals surface area (Å²) in [6.45, 7) is 2.28. The Balaban J connectivity index is 2.26. The van der Waals surface area contributed by atoms with Gasteiger partial charge in [-0.1, -0.05) is 199 Å². The number of ether oxygens (including phenoxy) is 1. The molecule has 2 nitrogen and oxygen atoms in total. The highest BCUT2D eigenvalue weighted by Gasteiger charge is 2.60. The normalized spacial score (nSPS) is 22.6. The Labute approximate surface area is 271 Å². The van der Waals surface area contributed by atoms with E-state index in [1.54, 1.807) is 0 Å². The Morgan fingerprint density at radius 1 is 0.568 bits per heavy atom. The number of carbonyl (C=O) groups is 1. The molecule has 0 aliphatic heterocycles. The molecule has 0 amide bonds. The van der Waals surface area contributed by atoms with Crippen LogP contribution in [-0.4, -0.2) is 16.9 Å². The summed E-state index contributed by atoms with van der Waals surface area (Å²) in [6, 6.07) is 0. The first-order valence-electron chi connectivity index (χ1n) is 15.3. The summed E-state index contributed by atoms with van der Waals surface area (Å²) in [7, 11) is 0. The average Bonchev–Trinajstić information content (AvgIpc) is 2.84. The molecule has 1 rings (SSSR count). The van der Waals surface area contributed by atoms with Crippen molar-refractivity contribution in [3.05, 3.63) is 0 Å². The van der Waals surface area contributed by atoms with E-state index in [-0.39, 0.29) is 5.97 Å². The molecule has 0 saturated heterocycles. The van der Waals surface area contributed by atoms with Crippen molar-refractivity contribution in [1.82, 2.24) is 0 Å². The van der Waals surface area contributed by atoms with Gasteiger partial charge in [-0.05, 0) is 41.6 Å². The van der Waals surface area contributed by atoms with Gasteiger partial charge in [-0.2, -0.15) is 0 Å². The fraction of sp³-hybridized carbons (Fsp3) is 0.967. The molecule has 0 radical (unpaired) electrons. The first kappa shape index (κ1) is 36.9. The predicted molar refractivity (Wildman–Crippen MR) is 180 cm³/mol. The molecule has 1 saturated carbocycles. The van der Waals surface area contributed by atoms with Gasteiger partial charge in [-0.3, -0.25) is 4.79 Å². The standard InChI is InChI=1S/C30H53Br5O2/c1-2-3-4-5-6-7-8-9-10-11-12-13-15-18-21-24-27(36)37-29(33)26-23-20-17-14-16-19-22-25-28(31,32)30(29,34)35/h2-26H2,1H3. The first-order chi connectivity index (χ1) is 17.7. The molecule has 1 fully saturated rings. The zero-order valence-corrected chi connectivity index (χ0v) is 31.3. The van der Waals surface area contributed by atoms with E-state index in [1.165, 1.54) is 109 Å². The minimum absolute atomic E-state index is 0.113. The number of alkyl halides is 5. The van der Waals surface area contributed by atoms with Crippen molar-refractivity contribution >= 4 is 85.6 Å². The van der Waals surface area contributed by atoms with Crippen LogP contribution in [0.3, 0.4) is 0 Å². The topological polar surface area (TPSA) is 26.3 Å². The van der Waals surface area contributed by atoms with Crippen LogP contribution in [0, 0.1) is 0 Å². The van der Waals surface area contributed by atoms with Crippen molar-refractivity contribution in [1.29, 1.82) is 0 Å². The summed E-state index contributed by atoms with van der Waals surface area (Å²) in [5.41, 5.74) is 0. The van der Waals surface area contributed by atoms with Gasteiger partial charge in [0.25, 0.3) is 0 Å². The Morgan fingerprint density at radius 2 is 0.946 bits per heavy atom. The van der Waals surface area contributed by atoms with Crippen molar-refractivity contribution in [2.75, 3.05) is 0 Å². The van der Waals surface area contributed by atoms with Gasteiger partial charge < -0.3 is 4.74 Å². The van der Waals surface area contributed by atoms with Crippen LogP contribution in [0.1, 0.15) is 167 Å². The highest BCUT2D eigenvalue weighted by molar-refractivity contribution is 9.31. The third-order valence-corrected chi connectivity index (χ3v) is 16.6. The zero-order valence-electron chi connectivity index (χ0n) is 23.4. The molecule has 0 spiro atoms. The van der Waals surface area contributed by atoms with E-state index < -0.39 is 11.0 Å². The lowest BCUT2D eigenvalue weighted by molar-refractivity contribution is -0.152. The average molecular weight is 845 g/mol. The number of hydrogen-bond acceptors (Lipinski definition) is 2. The lowest BCUT2D eigenvalue weighted by atomic mass is 9.98. The quantitative estimate of drug-likeness (QED) is 0.0828. The van der Waals surface area contributed by atoms with E-state index in [4.69, 9.17) is 4.74 Å². The third kappa shape index (κ3) is 15.6. The molecule has 1 aliphatic rings. The van der Waals surface area contributed by atoms with E-state index in [2.05, 4.69) is 86.6 Å². The van der Waals surface area contributed by atoms with Crippen LogP contribution in [0.4, 0.5) is 0 Å². The molecule has 0 bridgehead atoms. The fourth-order valence-electron chi connectivity index (χ4n) is 5.16. The van der Waals surface area contributed by atoms with Crippen LogP contribution in [0.2, 0.25) is 0 Å². The van der Waals surface area contributed by atoms with Gasteiger partial charge in [0.15, 0.2) is 7.74 Å². The Hall–Kier alpha value is 1.87. The molecule has 0 heterocycles. The summed E-state index contributed by atoms with van der Waals surface area (Å²) >= 11 is 19.5. The van der Waals surface area contributed by atoms with E-state index >= 15 is 0 Å². The summed E-state index contributed by atoms with van der Waals surface area (Å²) in [5, 5.41) is 0. The molecular formula is C30H53Br5O2. The van der Waals surface area contributed by atoms with Crippen molar-refractivity contribution in [3.8, 4) is 0 Å². The Morgan fingerprint density at radius 3 is 1.41 bits per heavy atom. The van der Waals surface area contributed by atoms with Crippen molar-refractivity contribution in [2.24, 2.45) is 0 Å². The van der Waals surface area contributed by atoms with Crippen molar-refractivity contribution in [2.45, 2.75) is 178 Å². The summed E-state index contributed by atoms with van der Waals surface area (Å²) in [5.74, 6) is -0.113. The third-order valence-electron chi connectivity index (χ3n) is 7.68. The number of esters is 1. The minimum atomic E-state index is -0.835. The predicted octanol–water partition coefficient (Wildman–Crippen LogP) is 13.4. The van der Waals surface area contributed by atoms with Gasteiger partial charge in [0.2, 0.25) is 0 Å². The molecule has 1 unspecified atom stereocenters. The number of unbranched alkanes of at least 4 members (excludes halogenated alkanes) is 14. The van der Waals surface area contributed by atoms with Crippen LogP contribution in [0.5, 0.6) is 0 Å². The van der Waals surface area contributed by atoms with E-state index in [0.717, 1.165) is 44.9 Å². The molecule has 0 aromatic carbocycles. The second-order valence-corrected chi connectivity index (χ2v) is 19.7. The summed E-state index contributed by atoms with van der Waals surface area (Å²) in [6.07, 6.45) is 30.4. The van der Waals surface area contributed by atoms with Gasteiger partial charge in [-0.25, -0.2) is 0 Å². The van der Waals surface area contributed by atoms with Crippen LogP contribution in [0.15, 0.2) is 0 Å². The minimum Gasteiger partial charge on any atom is -0.445 e. The molecule has 0 N–H and O–H groups in total. The van der Waals surface area contributed by atoms with Crippen LogP contribution in [-0.2, 0) is 9.53 Å². The SMILES string of the molecule is CCCCCCCCCCCCCCCCCC(=O)OC1(Br)CCCCCCCCCC(Br)(Br)C1(Br)Br. The van der Waals surface area contributed by atoms with E-state index in [0.29, 0.717) is 6.42 Å². The maximum absolute atomic E-state index is 12.9. The summed E-state index contributed by atoms with van der Waals surface area (Å²) in [4.78, 5) is 12.9. The van der Waals surface area contributed by atoms with E-state index in [9.17, 15) is 4.79 Å². The van der Waals surface area contributed by atoms with Crippen molar-refractivity contribution < 1.29 is 9.53 Å². The fourth-order valence-corrected chi connectivity index (χ4v) is 8.65. The molecular weight excluding hydrogens is 792 g/mol. The van der Waals surface area contributed by atoms with Gasteiger partial charge in [0, 0.05) is 6.42 Å². The largest absolute Gasteiger partial charge is 0.445 e. The molecule has 1 atom stereocenters. The van der Waals surface area contributed by atoms with Crippen molar-refractivity contribution in [3.63, 3.8) is 0 Å². The molecule has 0 aromatic heterocycles. The summed E-state index contributed by atoms with van der Waals surface area (Å²) < 4.78 is 4.23. The lowest BCUT2D eigenvalue weighted by Gasteiger charge is -2.46. The molecule has 220 valence electrons. The lowest BCUT2D eigenvalue weighted by Crippen LogP contribution is -2.53. The second kappa shape index (κ2) is 21.6. The van der Waals surface area contributed by atoms with Crippen LogP contribution in [0.25, 0.3) is 0 Å². The zero-order chi connectivity index (χ0) is 27.5. The molecule has 0 aromatic rings. The maximum atomic E-state index is 12.9. The van der Waals surface area contributed by atoms with Crippen LogP contribution >= 0.6 is 79.6 Å². The molecule has 7 heteroatoms. The van der Waals surface area contributed by atoms with Crippen LogP contribution < -0.4 is 0 Å². The maximum Gasteiger partial charge on any atom is 0.307 e.